The van der Waals surface area contributed by atoms with Gasteiger partial charge in [0.15, 0.2) is 0 Å². The normalized spacial score (nSPS) is 12.0. The van der Waals surface area contributed by atoms with Crippen molar-refractivity contribution in [3.8, 4) is 24.3 Å². The lowest BCUT2D eigenvalue weighted by Crippen LogP contribution is -2.17. The van der Waals surface area contributed by atoms with Crippen molar-refractivity contribution < 1.29 is 0 Å². The summed E-state index contributed by atoms with van der Waals surface area (Å²) in [4.78, 5) is 8.58. The SMILES string of the molecule is N#Cc1cccc(C#N)c1N1c2ccccc2Sc2c1ccc1ccccc21.N#Cc1cccc(C#N)c1N1c2ccccc2Sc2ccc3ccccc3c21. The minimum Gasteiger partial charge on any atom is -0.306 e. The fourth-order valence-corrected chi connectivity index (χ4v) is 9.67. The highest BCUT2D eigenvalue weighted by Crippen LogP contribution is 2.56. The Balaban J connectivity index is 0.000000146. The van der Waals surface area contributed by atoms with E-state index in [4.69, 9.17) is 0 Å². The molecule has 0 aromatic heterocycles. The Bertz CT molecular complexity index is 3010. The Morgan fingerprint density at radius 1 is 0.339 bits per heavy atom. The number of nitrogens with zero attached hydrogens (tertiary/aromatic N) is 6. The highest BCUT2D eigenvalue weighted by molar-refractivity contribution is 8.00. The first-order chi connectivity index (χ1) is 27.6. The third-order valence-electron chi connectivity index (χ3n) is 9.83. The summed E-state index contributed by atoms with van der Waals surface area (Å²) in [5.41, 5.74) is 7.18. The van der Waals surface area contributed by atoms with Crippen LogP contribution in [0.1, 0.15) is 22.3 Å². The number of rotatable bonds is 2. The van der Waals surface area contributed by atoms with Crippen LogP contribution in [0.25, 0.3) is 21.5 Å². The molecule has 0 amide bonds. The van der Waals surface area contributed by atoms with Crippen LogP contribution in [0.15, 0.2) is 177 Å². The lowest BCUT2D eigenvalue weighted by molar-refractivity contribution is 1.17. The summed E-state index contributed by atoms with van der Waals surface area (Å²) in [5, 5.41) is 43.6. The van der Waals surface area contributed by atoms with Gasteiger partial charge >= 0.3 is 0 Å². The van der Waals surface area contributed by atoms with Crippen LogP contribution in [-0.4, -0.2) is 0 Å². The molecular weight excluding hydrogens is 725 g/mol. The maximum atomic E-state index is 9.79. The predicted octanol–water partition coefficient (Wildman–Crippen LogP) is 13.0. The predicted molar refractivity (Wildman–Crippen MR) is 224 cm³/mol. The van der Waals surface area contributed by atoms with Crippen LogP contribution in [0.3, 0.4) is 0 Å². The van der Waals surface area contributed by atoms with Crippen LogP contribution in [0.2, 0.25) is 0 Å². The molecule has 2 aliphatic rings. The second kappa shape index (κ2) is 14.4. The van der Waals surface area contributed by atoms with E-state index in [0.717, 1.165) is 58.5 Å². The van der Waals surface area contributed by atoms with Gasteiger partial charge in [-0.25, -0.2) is 0 Å². The number of para-hydroxylation sites is 4. The van der Waals surface area contributed by atoms with Crippen molar-refractivity contribution in [2.24, 2.45) is 0 Å². The standard InChI is InChI=1S/2C24H13N3S/c25-14-17-7-5-8-18(15-26)23(17)27-20-10-3-4-11-22(20)28-24-19-9-2-1-6-16(19)12-13-21(24)27;25-14-17-7-5-8-18(15-26)23(17)27-20-10-3-4-11-21(20)28-22-13-12-16-6-1-2-9-19(16)24(22)27/h2*1-13H. The molecule has 0 spiro atoms. The summed E-state index contributed by atoms with van der Waals surface area (Å²) >= 11 is 3.45. The molecule has 56 heavy (non-hydrogen) atoms. The number of benzene rings is 8. The van der Waals surface area contributed by atoms with Crippen LogP contribution < -0.4 is 9.80 Å². The van der Waals surface area contributed by atoms with Gasteiger partial charge in [-0.2, -0.15) is 21.0 Å². The fourth-order valence-electron chi connectivity index (χ4n) is 7.40. The molecule has 0 atom stereocenters. The zero-order chi connectivity index (χ0) is 38.2. The highest BCUT2D eigenvalue weighted by atomic mass is 32.2. The van der Waals surface area contributed by atoms with Gasteiger partial charge in [0.2, 0.25) is 0 Å². The Labute approximate surface area is 332 Å². The first-order valence-electron chi connectivity index (χ1n) is 17.7. The van der Waals surface area contributed by atoms with E-state index < -0.39 is 0 Å². The lowest BCUT2D eigenvalue weighted by atomic mass is 10.0. The van der Waals surface area contributed by atoms with Crippen molar-refractivity contribution in [1.29, 1.82) is 21.0 Å². The van der Waals surface area contributed by atoms with Crippen LogP contribution in [0, 0.1) is 45.3 Å². The minimum absolute atomic E-state index is 0.486. The van der Waals surface area contributed by atoms with Gasteiger partial charge in [0.25, 0.3) is 0 Å². The summed E-state index contributed by atoms with van der Waals surface area (Å²) in [6, 6.07) is 60.8. The van der Waals surface area contributed by atoms with E-state index in [1.165, 1.54) is 5.39 Å². The molecule has 0 unspecified atom stereocenters. The molecule has 0 saturated carbocycles. The van der Waals surface area contributed by atoms with Gasteiger partial charge in [-0.1, -0.05) is 121 Å². The quantitative estimate of drug-likeness (QED) is 0.172. The monoisotopic (exact) mass is 750 g/mol. The van der Waals surface area contributed by atoms with Gasteiger partial charge in [-0.15, -0.1) is 0 Å². The average molecular weight is 751 g/mol. The van der Waals surface area contributed by atoms with Crippen LogP contribution in [0.4, 0.5) is 34.1 Å². The van der Waals surface area contributed by atoms with Crippen molar-refractivity contribution >= 4 is 79.2 Å². The van der Waals surface area contributed by atoms with Crippen molar-refractivity contribution in [3.05, 3.63) is 180 Å². The van der Waals surface area contributed by atoms with Gasteiger partial charge in [-0.3, -0.25) is 0 Å². The van der Waals surface area contributed by atoms with Gasteiger partial charge < -0.3 is 9.80 Å². The van der Waals surface area contributed by atoms with E-state index in [0.29, 0.717) is 33.6 Å². The lowest BCUT2D eigenvalue weighted by Gasteiger charge is -2.34. The minimum atomic E-state index is 0.486. The average Bonchev–Trinajstić information content (AvgIpc) is 3.27. The number of hydrogen-bond donors (Lipinski definition) is 0. The highest BCUT2D eigenvalue weighted by Gasteiger charge is 2.31. The third kappa shape index (κ3) is 5.66. The molecule has 2 aliphatic heterocycles. The van der Waals surface area contributed by atoms with Crippen LogP contribution in [0.5, 0.6) is 0 Å². The van der Waals surface area contributed by atoms with E-state index in [9.17, 15) is 21.0 Å². The largest absolute Gasteiger partial charge is 0.306 e. The Morgan fingerprint density at radius 2 is 0.804 bits per heavy atom. The van der Waals surface area contributed by atoms with Crippen LogP contribution in [-0.2, 0) is 0 Å². The summed E-state index contributed by atoms with van der Waals surface area (Å²) in [6.45, 7) is 0. The Kier molecular flexibility index (Phi) is 8.83. The molecule has 0 N–H and O–H groups in total. The molecule has 8 aromatic rings. The molecule has 0 saturated heterocycles. The molecule has 0 radical (unpaired) electrons. The molecule has 6 nitrogen and oxygen atoms in total. The molecule has 260 valence electrons. The smallest absolute Gasteiger partial charge is 0.101 e. The van der Waals surface area contributed by atoms with Crippen molar-refractivity contribution in [2.45, 2.75) is 19.6 Å². The summed E-state index contributed by atoms with van der Waals surface area (Å²) in [6.07, 6.45) is 0. The number of anilines is 6. The van der Waals surface area contributed by atoms with E-state index in [2.05, 4.69) is 94.7 Å². The maximum absolute atomic E-state index is 9.79. The van der Waals surface area contributed by atoms with Crippen molar-refractivity contribution in [2.75, 3.05) is 9.80 Å². The molecular formula is C48H26N6S2. The zero-order valence-corrected chi connectivity index (χ0v) is 31.1. The Hall–Kier alpha value is -7.46. The van der Waals surface area contributed by atoms with Crippen molar-refractivity contribution in [1.82, 2.24) is 0 Å². The molecule has 0 bridgehead atoms. The van der Waals surface area contributed by atoms with E-state index in [1.54, 1.807) is 59.9 Å². The first kappa shape index (κ1) is 34.3. The third-order valence-corrected chi connectivity index (χ3v) is 12.1. The van der Waals surface area contributed by atoms with E-state index in [1.807, 2.05) is 60.7 Å². The first-order valence-corrected chi connectivity index (χ1v) is 19.3. The maximum Gasteiger partial charge on any atom is 0.101 e. The zero-order valence-electron chi connectivity index (χ0n) is 29.5. The molecule has 2 heterocycles. The van der Waals surface area contributed by atoms with Gasteiger partial charge in [0.05, 0.1) is 56.4 Å². The number of fused-ring (bicyclic) bond motifs is 8. The van der Waals surface area contributed by atoms with Crippen molar-refractivity contribution in [3.63, 3.8) is 0 Å². The molecule has 8 heteroatoms. The molecule has 0 aliphatic carbocycles. The number of hydrogen-bond acceptors (Lipinski definition) is 8. The number of nitriles is 4. The summed E-state index contributed by atoms with van der Waals surface area (Å²) in [5.74, 6) is 0. The molecule has 0 fully saturated rings. The Morgan fingerprint density at radius 3 is 1.41 bits per heavy atom. The topological polar surface area (TPSA) is 102 Å². The fraction of sp³-hybridized carbons (Fsp3) is 0. The summed E-state index contributed by atoms with van der Waals surface area (Å²) < 4.78 is 0. The van der Waals surface area contributed by atoms with Gasteiger partial charge in [0.1, 0.15) is 24.3 Å². The van der Waals surface area contributed by atoms with Gasteiger partial charge in [-0.05, 0) is 76.8 Å². The van der Waals surface area contributed by atoms with Crippen LogP contribution >= 0.6 is 23.5 Å². The summed E-state index contributed by atoms with van der Waals surface area (Å²) in [7, 11) is 0. The van der Waals surface area contributed by atoms with Gasteiger partial charge in [0, 0.05) is 25.0 Å². The molecule has 10 rings (SSSR count). The second-order valence-corrected chi connectivity index (χ2v) is 15.1. The van der Waals surface area contributed by atoms with E-state index >= 15 is 0 Å². The van der Waals surface area contributed by atoms with E-state index in [-0.39, 0.29) is 0 Å². The second-order valence-electron chi connectivity index (χ2n) is 12.9. The molecule has 8 aromatic carbocycles.